The average Bonchev–Trinajstić information content (AvgIpc) is 3.43. The van der Waals surface area contributed by atoms with Gasteiger partial charge in [-0.05, 0) is 72.7 Å². The molecule has 0 radical (unpaired) electrons. The zero-order valence-electron chi connectivity index (χ0n) is 17.3. The highest BCUT2D eigenvalue weighted by molar-refractivity contribution is 6.09. The molecule has 5 nitrogen and oxygen atoms in total. The van der Waals surface area contributed by atoms with Gasteiger partial charge in [0.2, 0.25) is 5.91 Å². The summed E-state index contributed by atoms with van der Waals surface area (Å²) in [5.41, 5.74) is 11.0. The quantitative estimate of drug-likeness (QED) is 0.536. The van der Waals surface area contributed by atoms with Crippen molar-refractivity contribution in [3.63, 3.8) is 0 Å². The molecule has 0 bridgehead atoms. The van der Waals surface area contributed by atoms with Crippen LogP contribution < -0.4 is 11.1 Å². The third-order valence-electron chi connectivity index (χ3n) is 5.77. The number of hydrogen-bond acceptors (Lipinski definition) is 3. The Morgan fingerprint density at radius 1 is 1.17 bits per heavy atom. The first kappa shape index (κ1) is 20.0. The van der Waals surface area contributed by atoms with Crippen molar-refractivity contribution in [1.82, 2.24) is 10.3 Å². The summed E-state index contributed by atoms with van der Waals surface area (Å²) >= 11 is 0. The second kappa shape index (κ2) is 8.99. The number of aromatic amines is 1. The number of aromatic nitrogens is 1. The van der Waals surface area contributed by atoms with E-state index in [1.54, 1.807) is 0 Å². The van der Waals surface area contributed by atoms with Crippen molar-refractivity contribution in [1.29, 1.82) is 0 Å². The molecular weight excluding hydrogens is 372 g/mol. The Morgan fingerprint density at radius 3 is 2.73 bits per heavy atom. The normalized spacial score (nSPS) is 19.6. The second-order valence-electron chi connectivity index (χ2n) is 7.79. The Labute approximate surface area is 177 Å². The number of nitrogens with two attached hydrogens (primary N) is 1. The van der Waals surface area contributed by atoms with E-state index in [1.807, 2.05) is 19.2 Å². The minimum atomic E-state index is 0.0621. The Kier molecular flexibility index (Phi) is 5.98. The summed E-state index contributed by atoms with van der Waals surface area (Å²) in [6.45, 7) is 2.63. The molecule has 2 atom stereocenters. The Hall–Kier alpha value is -3.34. The van der Waals surface area contributed by atoms with Gasteiger partial charge in [-0.25, -0.2) is 0 Å². The topological polar surface area (TPSA) is 83.3 Å². The molecule has 2 aromatic carbocycles. The lowest BCUT2D eigenvalue weighted by atomic mass is 10.0. The molecule has 1 amide bonds. The zero-order valence-corrected chi connectivity index (χ0v) is 17.3. The minimum absolute atomic E-state index is 0.0621. The summed E-state index contributed by atoms with van der Waals surface area (Å²) in [5, 5.41) is 4.13. The van der Waals surface area contributed by atoms with E-state index in [4.69, 9.17) is 10.7 Å². The van der Waals surface area contributed by atoms with Gasteiger partial charge in [-0.15, -0.1) is 0 Å². The number of fused-ring (bicyclic) bond motifs is 1. The molecule has 5 heteroatoms. The minimum Gasteiger partial charge on any atom is -0.405 e. The number of rotatable bonds is 6. The van der Waals surface area contributed by atoms with Gasteiger partial charge in [0.25, 0.3) is 0 Å². The van der Waals surface area contributed by atoms with E-state index in [-0.39, 0.29) is 17.9 Å². The number of allylic oxidation sites excluding steroid dienone is 1. The molecule has 0 saturated heterocycles. The number of H-pyrrole nitrogens is 1. The fraction of sp³-hybridized carbons (Fsp3) is 0.280. The van der Waals surface area contributed by atoms with E-state index >= 15 is 0 Å². The van der Waals surface area contributed by atoms with Crippen molar-refractivity contribution in [2.24, 2.45) is 16.6 Å². The molecule has 4 N–H and O–H groups in total. The first-order valence-electron chi connectivity index (χ1n) is 10.6. The van der Waals surface area contributed by atoms with Gasteiger partial charge in [-0.3, -0.25) is 9.79 Å². The molecule has 4 rings (SSSR count). The third-order valence-corrected chi connectivity index (χ3v) is 5.77. The number of nitrogens with zero attached hydrogens (tertiary/aromatic N) is 1. The fourth-order valence-electron chi connectivity index (χ4n) is 4.19. The van der Waals surface area contributed by atoms with Gasteiger partial charge in [0.15, 0.2) is 0 Å². The lowest BCUT2D eigenvalue weighted by molar-refractivity contribution is -0.124. The molecule has 30 heavy (non-hydrogen) atoms. The molecule has 0 aliphatic heterocycles. The van der Waals surface area contributed by atoms with Gasteiger partial charge in [0.1, 0.15) is 0 Å². The summed E-state index contributed by atoms with van der Waals surface area (Å²) in [6, 6.07) is 17.1. The van der Waals surface area contributed by atoms with Gasteiger partial charge >= 0.3 is 0 Å². The highest BCUT2D eigenvalue weighted by atomic mass is 16.1. The SMILES string of the molecule is CCNC(=O)C1CCC(N=C(C=CN)c2ccc(-c3ccc4cc[nH]c4c3)cc2)C1. The third kappa shape index (κ3) is 4.30. The van der Waals surface area contributed by atoms with Crippen molar-refractivity contribution in [3.8, 4) is 11.1 Å². The van der Waals surface area contributed by atoms with Crippen molar-refractivity contribution >= 4 is 22.5 Å². The van der Waals surface area contributed by atoms with Gasteiger partial charge in [0, 0.05) is 24.2 Å². The van der Waals surface area contributed by atoms with Crippen LogP contribution in [-0.4, -0.2) is 29.2 Å². The zero-order chi connectivity index (χ0) is 20.9. The second-order valence-corrected chi connectivity index (χ2v) is 7.79. The molecular formula is C25H28N4O. The summed E-state index contributed by atoms with van der Waals surface area (Å²) in [6.07, 6.45) is 7.94. The molecule has 3 aromatic rings. The van der Waals surface area contributed by atoms with Gasteiger partial charge in [-0.2, -0.15) is 0 Å². The number of hydrogen-bond donors (Lipinski definition) is 3. The number of carbonyl (C=O) groups excluding carboxylic acids is 1. The lowest BCUT2D eigenvalue weighted by Crippen LogP contribution is -2.29. The van der Waals surface area contributed by atoms with Crippen LogP contribution in [0.4, 0.5) is 0 Å². The highest BCUT2D eigenvalue weighted by Crippen LogP contribution is 2.29. The molecule has 1 heterocycles. The van der Waals surface area contributed by atoms with E-state index < -0.39 is 0 Å². The van der Waals surface area contributed by atoms with Crippen LogP contribution in [-0.2, 0) is 4.79 Å². The van der Waals surface area contributed by atoms with Crippen LogP contribution in [0, 0.1) is 5.92 Å². The maximum atomic E-state index is 12.1. The summed E-state index contributed by atoms with van der Waals surface area (Å²) in [5.74, 6) is 0.210. The summed E-state index contributed by atoms with van der Waals surface area (Å²) in [7, 11) is 0. The maximum Gasteiger partial charge on any atom is 0.223 e. The van der Waals surface area contributed by atoms with Crippen molar-refractivity contribution in [2.45, 2.75) is 32.2 Å². The first-order valence-corrected chi connectivity index (χ1v) is 10.6. The van der Waals surface area contributed by atoms with Gasteiger partial charge < -0.3 is 16.0 Å². The number of amides is 1. The largest absolute Gasteiger partial charge is 0.405 e. The molecule has 1 aliphatic carbocycles. The number of aliphatic imine (C=N–C) groups is 1. The molecule has 1 saturated carbocycles. The number of nitrogens with one attached hydrogen (secondary N) is 2. The first-order chi connectivity index (χ1) is 14.7. The predicted octanol–water partition coefficient (Wildman–Crippen LogP) is 4.40. The van der Waals surface area contributed by atoms with Crippen LogP contribution in [0.1, 0.15) is 31.7 Å². The van der Waals surface area contributed by atoms with Gasteiger partial charge in [-0.1, -0.05) is 36.4 Å². The number of carbonyl (C=O) groups is 1. The van der Waals surface area contributed by atoms with E-state index in [9.17, 15) is 4.79 Å². The number of benzene rings is 2. The fourth-order valence-corrected chi connectivity index (χ4v) is 4.19. The molecule has 2 unspecified atom stereocenters. The maximum absolute atomic E-state index is 12.1. The molecule has 0 spiro atoms. The van der Waals surface area contributed by atoms with Crippen molar-refractivity contribution in [3.05, 3.63) is 72.6 Å². The van der Waals surface area contributed by atoms with Crippen molar-refractivity contribution in [2.75, 3.05) is 6.54 Å². The summed E-state index contributed by atoms with van der Waals surface area (Å²) < 4.78 is 0. The Morgan fingerprint density at radius 2 is 1.97 bits per heavy atom. The predicted molar refractivity (Wildman–Crippen MR) is 123 cm³/mol. The van der Waals surface area contributed by atoms with E-state index in [0.29, 0.717) is 6.54 Å². The smallest absolute Gasteiger partial charge is 0.223 e. The van der Waals surface area contributed by atoms with Crippen LogP contribution in [0.2, 0.25) is 0 Å². The lowest BCUT2D eigenvalue weighted by Gasteiger charge is -2.10. The molecule has 1 fully saturated rings. The summed E-state index contributed by atoms with van der Waals surface area (Å²) in [4.78, 5) is 20.3. The molecule has 1 aliphatic rings. The van der Waals surface area contributed by atoms with E-state index in [1.165, 1.54) is 17.1 Å². The standard InChI is InChI=1S/C25H28N4O/c1-2-27-25(30)21-9-10-22(15-21)29-23(11-13-26)18-5-3-17(4-6-18)20-8-7-19-12-14-28-24(19)16-20/h3-8,11-14,16,21-22,28H,2,9-10,15,26H2,1H3,(H,27,30). The van der Waals surface area contributed by atoms with Gasteiger partial charge in [0.05, 0.1) is 11.8 Å². The van der Waals surface area contributed by atoms with Crippen LogP contribution in [0.5, 0.6) is 0 Å². The van der Waals surface area contributed by atoms with E-state index in [2.05, 4.69) is 58.8 Å². The average molecular weight is 401 g/mol. The Bertz CT molecular complexity index is 1080. The van der Waals surface area contributed by atoms with Crippen molar-refractivity contribution < 1.29 is 4.79 Å². The van der Waals surface area contributed by atoms with Crippen LogP contribution in [0.15, 0.2) is 72.0 Å². The monoisotopic (exact) mass is 400 g/mol. The van der Waals surface area contributed by atoms with Crippen LogP contribution in [0.25, 0.3) is 22.0 Å². The van der Waals surface area contributed by atoms with Crippen LogP contribution >= 0.6 is 0 Å². The van der Waals surface area contributed by atoms with E-state index in [0.717, 1.165) is 41.6 Å². The van der Waals surface area contributed by atoms with Crippen LogP contribution in [0.3, 0.4) is 0 Å². The Balaban J connectivity index is 1.53. The highest BCUT2D eigenvalue weighted by Gasteiger charge is 2.29. The molecule has 1 aromatic heterocycles. The molecule has 154 valence electrons.